The summed E-state index contributed by atoms with van der Waals surface area (Å²) in [6, 6.07) is 18.6. The SMILES string of the molecule is O=C(O)CC1CCc2cc(SCc3ccc(OCc4ccc(C(F)(F)F)cc4)cc3)ccc2O1. The van der Waals surface area contributed by atoms with Crippen LogP contribution in [-0.4, -0.2) is 17.2 Å². The van der Waals surface area contributed by atoms with Gasteiger partial charge in [0.05, 0.1) is 12.0 Å². The van der Waals surface area contributed by atoms with Crippen molar-refractivity contribution in [1.82, 2.24) is 0 Å². The van der Waals surface area contributed by atoms with Crippen LogP contribution in [-0.2, 0) is 29.8 Å². The molecule has 4 rings (SSSR count). The van der Waals surface area contributed by atoms with Gasteiger partial charge >= 0.3 is 12.1 Å². The van der Waals surface area contributed by atoms with E-state index in [2.05, 4.69) is 6.07 Å². The van der Waals surface area contributed by atoms with Gasteiger partial charge in [-0.25, -0.2) is 0 Å². The van der Waals surface area contributed by atoms with Gasteiger partial charge in [-0.15, -0.1) is 11.8 Å². The van der Waals surface area contributed by atoms with Gasteiger partial charge in [-0.1, -0.05) is 24.3 Å². The van der Waals surface area contributed by atoms with Crippen molar-refractivity contribution in [2.45, 2.75) is 48.8 Å². The molecule has 1 aliphatic rings. The normalized spacial score (nSPS) is 15.3. The van der Waals surface area contributed by atoms with Crippen molar-refractivity contribution in [2.24, 2.45) is 0 Å². The van der Waals surface area contributed by atoms with Gasteiger partial charge in [0, 0.05) is 10.6 Å². The molecule has 1 aliphatic heterocycles. The first-order valence-electron chi connectivity index (χ1n) is 10.8. The van der Waals surface area contributed by atoms with Crippen molar-refractivity contribution in [2.75, 3.05) is 0 Å². The molecule has 3 aromatic carbocycles. The Balaban J connectivity index is 1.27. The number of ether oxygens (including phenoxy) is 2. The summed E-state index contributed by atoms with van der Waals surface area (Å²) >= 11 is 1.69. The van der Waals surface area contributed by atoms with Crippen LogP contribution in [0.4, 0.5) is 13.2 Å². The Morgan fingerprint density at radius 2 is 1.74 bits per heavy atom. The van der Waals surface area contributed by atoms with E-state index in [0.717, 1.165) is 46.1 Å². The van der Waals surface area contributed by atoms with Crippen molar-refractivity contribution >= 4 is 17.7 Å². The fourth-order valence-corrected chi connectivity index (χ4v) is 4.57. The second-order valence-electron chi connectivity index (χ2n) is 8.06. The van der Waals surface area contributed by atoms with E-state index < -0.39 is 17.7 Å². The van der Waals surface area contributed by atoms with Crippen molar-refractivity contribution in [3.05, 3.63) is 89.0 Å². The zero-order valence-electron chi connectivity index (χ0n) is 18.2. The molecule has 0 amide bonds. The van der Waals surface area contributed by atoms with E-state index in [4.69, 9.17) is 14.6 Å². The maximum atomic E-state index is 12.6. The molecule has 0 fully saturated rings. The lowest BCUT2D eigenvalue weighted by atomic mass is 10.0. The Morgan fingerprint density at radius 1 is 1.03 bits per heavy atom. The van der Waals surface area contributed by atoms with Gasteiger partial charge in [-0.05, 0) is 72.0 Å². The maximum absolute atomic E-state index is 12.6. The number of carboxylic acids is 1. The highest BCUT2D eigenvalue weighted by Gasteiger charge is 2.29. The number of fused-ring (bicyclic) bond motifs is 1. The first-order chi connectivity index (χ1) is 16.3. The van der Waals surface area contributed by atoms with Crippen LogP contribution in [0.1, 0.15) is 35.1 Å². The molecule has 4 nitrogen and oxygen atoms in total. The highest BCUT2D eigenvalue weighted by Crippen LogP contribution is 2.34. The van der Waals surface area contributed by atoms with E-state index in [1.165, 1.54) is 12.1 Å². The van der Waals surface area contributed by atoms with Crippen LogP contribution in [0.3, 0.4) is 0 Å². The summed E-state index contributed by atoms with van der Waals surface area (Å²) in [4.78, 5) is 12.0. The zero-order valence-corrected chi connectivity index (χ0v) is 19.0. The Hall–Kier alpha value is -3.13. The second kappa shape index (κ2) is 10.4. The molecule has 0 aromatic heterocycles. The number of benzene rings is 3. The van der Waals surface area contributed by atoms with Gasteiger partial charge in [0.1, 0.15) is 24.2 Å². The number of aliphatic carboxylic acids is 1. The Labute approximate surface area is 199 Å². The van der Waals surface area contributed by atoms with Crippen LogP contribution in [0.2, 0.25) is 0 Å². The molecule has 34 heavy (non-hydrogen) atoms. The number of halogens is 3. The van der Waals surface area contributed by atoms with E-state index in [0.29, 0.717) is 17.7 Å². The summed E-state index contributed by atoms with van der Waals surface area (Å²) in [5.74, 6) is 1.32. The smallest absolute Gasteiger partial charge is 0.416 e. The standard InChI is InChI=1S/C26H23F3O4S/c27-26(28,29)20-6-1-17(2-7-20)15-32-21-8-3-18(4-9-21)16-34-23-11-12-24-19(13-23)5-10-22(33-24)14-25(30)31/h1-4,6-9,11-13,22H,5,10,14-16H2,(H,30,31). The molecule has 178 valence electrons. The van der Waals surface area contributed by atoms with Crippen LogP contribution in [0, 0.1) is 0 Å². The Bertz CT molecular complexity index is 1130. The maximum Gasteiger partial charge on any atom is 0.416 e. The van der Waals surface area contributed by atoms with Crippen molar-refractivity contribution in [3.63, 3.8) is 0 Å². The number of thioether (sulfide) groups is 1. The Morgan fingerprint density at radius 3 is 2.41 bits per heavy atom. The minimum absolute atomic E-state index is 0.0139. The molecule has 1 atom stereocenters. The number of alkyl halides is 3. The lowest BCUT2D eigenvalue weighted by molar-refractivity contribution is -0.139. The minimum atomic E-state index is -4.34. The van der Waals surface area contributed by atoms with Gasteiger partial charge in [0.2, 0.25) is 0 Å². The van der Waals surface area contributed by atoms with Gasteiger partial charge < -0.3 is 14.6 Å². The molecule has 1 N–H and O–H groups in total. The van der Waals surface area contributed by atoms with Gasteiger partial charge in [-0.2, -0.15) is 13.2 Å². The Kier molecular flexibility index (Phi) is 7.36. The third-order valence-electron chi connectivity index (χ3n) is 5.48. The zero-order chi connectivity index (χ0) is 24.1. The van der Waals surface area contributed by atoms with E-state index in [1.807, 2.05) is 36.4 Å². The molecule has 0 spiro atoms. The third-order valence-corrected chi connectivity index (χ3v) is 6.54. The lowest BCUT2D eigenvalue weighted by Gasteiger charge is -2.25. The number of hydrogen-bond acceptors (Lipinski definition) is 4. The number of hydrogen-bond donors (Lipinski definition) is 1. The summed E-state index contributed by atoms with van der Waals surface area (Å²) < 4.78 is 49.4. The van der Waals surface area contributed by atoms with Crippen LogP contribution in [0.25, 0.3) is 0 Å². The van der Waals surface area contributed by atoms with Gasteiger partial charge in [0.15, 0.2) is 0 Å². The van der Waals surface area contributed by atoms with Gasteiger partial charge in [-0.3, -0.25) is 4.79 Å². The number of carboxylic acid groups (broad SMARTS) is 1. The molecular weight excluding hydrogens is 465 g/mol. The molecule has 0 bridgehead atoms. The van der Waals surface area contributed by atoms with E-state index in [9.17, 15) is 18.0 Å². The average molecular weight is 489 g/mol. The highest BCUT2D eigenvalue weighted by molar-refractivity contribution is 7.98. The molecular formula is C26H23F3O4S. The quantitative estimate of drug-likeness (QED) is 0.356. The fraction of sp³-hybridized carbons (Fsp3) is 0.269. The van der Waals surface area contributed by atoms with Crippen molar-refractivity contribution < 1.29 is 32.5 Å². The largest absolute Gasteiger partial charge is 0.490 e. The molecule has 3 aromatic rings. The highest BCUT2D eigenvalue weighted by atomic mass is 32.2. The topological polar surface area (TPSA) is 55.8 Å². The molecule has 8 heteroatoms. The van der Waals surface area contributed by atoms with Crippen LogP contribution >= 0.6 is 11.8 Å². The molecule has 1 heterocycles. The summed E-state index contributed by atoms with van der Waals surface area (Å²) in [7, 11) is 0. The monoisotopic (exact) mass is 488 g/mol. The number of carbonyl (C=O) groups is 1. The van der Waals surface area contributed by atoms with E-state index in [-0.39, 0.29) is 19.1 Å². The second-order valence-corrected chi connectivity index (χ2v) is 9.11. The summed E-state index contributed by atoms with van der Waals surface area (Å²) in [5, 5.41) is 8.94. The van der Waals surface area contributed by atoms with Crippen molar-refractivity contribution in [1.29, 1.82) is 0 Å². The third kappa shape index (κ3) is 6.47. The van der Waals surface area contributed by atoms with Crippen molar-refractivity contribution in [3.8, 4) is 11.5 Å². The minimum Gasteiger partial charge on any atom is -0.490 e. The first kappa shape index (κ1) is 24.0. The van der Waals surface area contributed by atoms with Crippen LogP contribution < -0.4 is 9.47 Å². The molecule has 0 saturated carbocycles. The molecule has 0 saturated heterocycles. The average Bonchev–Trinajstić information content (AvgIpc) is 2.81. The van der Waals surface area contributed by atoms with E-state index in [1.54, 1.807) is 11.8 Å². The molecule has 1 unspecified atom stereocenters. The van der Waals surface area contributed by atoms with Gasteiger partial charge in [0.25, 0.3) is 0 Å². The summed E-state index contributed by atoms with van der Waals surface area (Å²) in [5.41, 5.74) is 2.20. The summed E-state index contributed by atoms with van der Waals surface area (Å²) in [6.45, 7) is 0.191. The van der Waals surface area contributed by atoms with E-state index >= 15 is 0 Å². The van der Waals surface area contributed by atoms with Crippen LogP contribution in [0.15, 0.2) is 71.6 Å². The first-order valence-corrected chi connectivity index (χ1v) is 11.8. The fourth-order valence-electron chi connectivity index (χ4n) is 3.65. The molecule has 0 aliphatic carbocycles. The van der Waals surface area contributed by atoms with Crippen LogP contribution in [0.5, 0.6) is 11.5 Å². The lowest BCUT2D eigenvalue weighted by Crippen LogP contribution is -2.25. The predicted molar refractivity (Wildman–Crippen MR) is 123 cm³/mol. The predicted octanol–water partition coefficient (Wildman–Crippen LogP) is 6.75. The number of rotatable bonds is 8. The number of aryl methyl sites for hydroxylation is 1. The molecule has 0 radical (unpaired) electrons. The summed E-state index contributed by atoms with van der Waals surface area (Å²) in [6.07, 6.45) is -3.11.